The molecular formula is C19H22N4. The zero-order valence-electron chi connectivity index (χ0n) is 13.6. The van der Waals surface area contributed by atoms with E-state index in [1.807, 2.05) is 19.2 Å². The van der Waals surface area contributed by atoms with Crippen LogP contribution >= 0.6 is 0 Å². The van der Waals surface area contributed by atoms with Gasteiger partial charge >= 0.3 is 0 Å². The largest absolute Gasteiger partial charge is 0.342 e. The molecule has 3 aliphatic heterocycles. The number of aromatic nitrogens is 3. The highest BCUT2D eigenvalue weighted by Crippen LogP contribution is 2.34. The Labute approximate surface area is 136 Å². The van der Waals surface area contributed by atoms with Gasteiger partial charge in [-0.2, -0.15) is 0 Å². The fourth-order valence-corrected chi connectivity index (χ4v) is 3.54. The Morgan fingerprint density at radius 3 is 2.74 bits per heavy atom. The molecule has 1 saturated heterocycles. The molecule has 0 bridgehead atoms. The number of H-pyrrole nitrogens is 1. The van der Waals surface area contributed by atoms with Gasteiger partial charge in [-0.3, -0.25) is 4.98 Å². The van der Waals surface area contributed by atoms with Gasteiger partial charge in [-0.1, -0.05) is 29.8 Å². The van der Waals surface area contributed by atoms with Crippen LogP contribution in [0.5, 0.6) is 0 Å². The Morgan fingerprint density at radius 1 is 1.09 bits per heavy atom. The highest BCUT2D eigenvalue weighted by atomic mass is 15.0. The molecule has 2 atom stereocenters. The third kappa shape index (κ3) is 2.75. The summed E-state index contributed by atoms with van der Waals surface area (Å²) >= 11 is 0. The van der Waals surface area contributed by atoms with Crippen LogP contribution in [-0.4, -0.2) is 21.5 Å². The minimum absolute atomic E-state index is 0.401. The Hall–Kier alpha value is -2.20. The Bertz CT molecular complexity index is 775. The molecule has 0 saturated carbocycles. The van der Waals surface area contributed by atoms with Crippen molar-refractivity contribution in [1.29, 1.82) is 0 Å². The van der Waals surface area contributed by atoms with E-state index in [4.69, 9.17) is 4.98 Å². The summed E-state index contributed by atoms with van der Waals surface area (Å²) in [5.74, 6) is 1.56. The lowest BCUT2D eigenvalue weighted by atomic mass is 9.88. The second-order valence-corrected chi connectivity index (χ2v) is 6.55. The molecular weight excluding hydrogens is 284 g/mol. The predicted octanol–water partition coefficient (Wildman–Crippen LogP) is 3.73. The quantitative estimate of drug-likeness (QED) is 0.758. The number of rotatable bonds is 2. The summed E-state index contributed by atoms with van der Waals surface area (Å²) < 4.78 is 0. The fraction of sp³-hybridized carbons (Fsp3) is 0.368. The molecule has 0 aromatic heterocycles. The molecule has 0 spiro atoms. The maximum Gasteiger partial charge on any atom is 0.110 e. The van der Waals surface area contributed by atoms with E-state index in [2.05, 4.69) is 46.5 Å². The Morgan fingerprint density at radius 2 is 1.91 bits per heavy atom. The summed E-state index contributed by atoms with van der Waals surface area (Å²) in [7, 11) is 0. The number of benzene rings is 1. The van der Waals surface area contributed by atoms with E-state index >= 15 is 0 Å². The summed E-state index contributed by atoms with van der Waals surface area (Å²) in [4.78, 5) is 12.7. The highest BCUT2D eigenvalue weighted by Gasteiger charge is 2.26. The molecule has 1 aromatic carbocycles. The van der Waals surface area contributed by atoms with Gasteiger partial charge in [0.1, 0.15) is 11.5 Å². The molecule has 23 heavy (non-hydrogen) atoms. The zero-order chi connectivity index (χ0) is 15.8. The minimum Gasteiger partial charge on any atom is -0.342 e. The highest BCUT2D eigenvalue weighted by molar-refractivity contribution is 5.58. The first kappa shape index (κ1) is 14.4. The van der Waals surface area contributed by atoms with Crippen LogP contribution in [0.4, 0.5) is 0 Å². The van der Waals surface area contributed by atoms with Crippen molar-refractivity contribution in [2.24, 2.45) is 0 Å². The van der Waals surface area contributed by atoms with E-state index in [0.29, 0.717) is 12.0 Å². The molecule has 4 heteroatoms. The topological polar surface area (TPSA) is 53.6 Å². The first-order valence-electron chi connectivity index (χ1n) is 8.32. The lowest BCUT2D eigenvalue weighted by Gasteiger charge is -2.30. The van der Waals surface area contributed by atoms with Crippen molar-refractivity contribution in [1.82, 2.24) is 20.3 Å². The van der Waals surface area contributed by atoms with Gasteiger partial charge in [0, 0.05) is 18.2 Å². The van der Waals surface area contributed by atoms with Gasteiger partial charge in [-0.15, -0.1) is 0 Å². The monoisotopic (exact) mass is 306 g/mol. The van der Waals surface area contributed by atoms with Gasteiger partial charge in [0.15, 0.2) is 0 Å². The number of hydrogen-bond donors (Lipinski definition) is 2. The lowest BCUT2D eigenvalue weighted by Crippen LogP contribution is -2.31. The fourth-order valence-electron chi connectivity index (χ4n) is 3.54. The summed E-state index contributed by atoms with van der Waals surface area (Å²) in [5.41, 5.74) is 5.77. The van der Waals surface area contributed by atoms with Crippen LogP contribution < -0.4 is 5.32 Å². The number of nitrogens with zero attached hydrogens (tertiary/aromatic N) is 2. The SMILES string of the molecule is Cc1ccc(C2CC(c3nc(C)c4nccc-4[nH]3)CCN2)cc1. The summed E-state index contributed by atoms with van der Waals surface area (Å²) in [6, 6.07) is 11.3. The van der Waals surface area contributed by atoms with Crippen molar-refractivity contribution < 1.29 is 0 Å². The van der Waals surface area contributed by atoms with E-state index in [-0.39, 0.29) is 0 Å². The number of aryl methyl sites for hydroxylation is 2. The maximum atomic E-state index is 4.79. The number of nitrogens with one attached hydrogen (secondary N) is 2. The van der Waals surface area contributed by atoms with Crippen LogP contribution in [0.25, 0.3) is 11.4 Å². The molecule has 3 heterocycles. The molecule has 0 radical (unpaired) electrons. The van der Waals surface area contributed by atoms with Gasteiger partial charge in [0.2, 0.25) is 0 Å². The third-order valence-corrected chi connectivity index (χ3v) is 4.86. The Kier molecular flexibility index (Phi) is 3.62. The summed E-state index contributed by atoms with van der Waals surface area (Å²) in [6.45, 7) is 5.20. The molecule has 4 nitrogen and oxygen atoms in total. The third-order valence-electron chi connectivity index (χ3n) is 4.86. The standard InChI is InChI=1S/C19H22N4/c1-12-3-5-14(6-4-12)17-11-15(7-9-20-17)19-22-13(2)18-16(23-19)8-10-21-18/h3-6,8,10,15,17,20H,7,9,11H2,1-2H3,(H,22,23). The molecule has 0 amide bonds. The van der Waals surface area contributed by atoms with Crippen LogP contribution in [0.1, 0.15) is 47.4 Å². The lowest BCUT2D eigenvalue weighted by molar-refractivity contribution is 0.360. The molecule has 1 aromatic rings. The van der Waals surface area contributed by atoms with Crippen molar-refractivity contribution in [2.45, 2.75) is 38.6 Å². The minimum atomic E-state index is 0.401. The van der Waals surface area contributed by atoms with E-state index in [9.17, 15) is 0 Å². The van der Waals surface area contributed by atoms with Gasteiger partial charge in [-0.05, 0) is 44.9 Å². The average molecular weight is 306 g/mol. The van der Waals surface area contributed by atoms with E-state index in [1.54, 1.807) is 0 Å². The smallest absolute Gasteiger partial charge is 0.110 e. The number of fused-ring (bicyclic) bond motifs is 1. The maximum absolute atomic E-state index is 4.79. The molecule has 3 aliphatic rings. The van der Waals surface area contributed by atoms with E-state index < -0.39 is 0 Å². The van der Waals surface area contributed by atoms with Crippen LogP contribution in [-0.2, 0) is 0 Å². The van der Waals surface area contributed by atoms with Crippen LogP contribution in [0.15, 0.2) is 36.5 Å². The molecule has 2 N–H and O–H groups in total. The second-order valence-electron chi connectivity index (χ2n) is 6.55. The summed E-state index contributed by atoms with van der Waals surface area (Å²) in [6.07, 6.45) is 4.04. The normalized spacial score (nSPS) is 21.7. The van der Waals surface area contributed by atoms with Gasteiger partial charge in [0.05, 0.1) is 11.4 Å². The number of hydrogen-bond acceptors (Lipinski definition) is 3. The van der Waals surface area contributed by atoms with Gasteiger partial charge < -0.3 is 10.3 Å². The van der Waals surface area contributed by atoms with E-state index in [1.165, 1.54) is 11.1 Å². The van der Waals surface area contributed by atoms with Crippen molar-refractivity contribution in [3.05, 3.63) is 59.2 Å². The van der Waals surface area contributed by atoms with Crippen LogP contribution in [0.2, 0.25) is 0 Å². The van der Waals surface area contributed by atoms with Crippen LogP contribution in [0, 0.1) is 13.8 Å². The second kappa shape index (κ2) is 5.78. The van der Waals surface area contributed by atoms with E-state index in [0.717, 1.165) is 42.3 Å². The van der Waals surface area contributed by atoms with Crippen molar-refractivity contribution >= 4 is 0 Å². The average Bonchev–Trinajstić information content (AvgIpc) is 3.05. The van der Waals surface area contributed by atoms with Crippen molar-refractivity contribution in [2.75, 3.05) is 6.54 Å². The van der Waals surface area contributed by atoms with Crippen molar-refractivity contribution in [3.63, 3.8) is 0 Å². The molecule has 1 fully saturated rings. The molecule has 2 unspecified atom stereocenters. The molecule has 118 valence electrons. The Balaban J connectivity index is 1.61. The zero-order valence-corrected chi connectivity index (χ0v) is 13.6. The number of aromatic amines is 1. The molecule has 0 aliphatic carbocycles. The summed E-state index contributed by atoms with van der Waals surface area (Å²) in [5, 5.41) is 3.65. The first-order valence-corrected chi connectivity index (χ1v) is 8.32. The molecule has 4 rings (SSSR count). The first-order chi connectivity index (χ1) is 11.2. The number of piperidine rings is 1. The van der Waals surface area contributed by atoms with Crippen LogP contribution in [0.3, 0.4) is 0 Å². The van der Waals surface area contributed by atoms with Gasteiger partial charge in [-0.25, -0.2) is 4.98 Å². The van der Waals surface area contributed by atoms with Crippen molar-refractivity contribution in [3.8, 4) is 11.4 Å². The predicted molar refractivity (Wildman–Crippen MR) is 91.6 cm³/mol. The van der Waals surface area contributed by atoms with Gasteiger partial charge in [0.25, 0.3) is 0 Å².